The van der Waals surface area contributed by atoms with Gasteiger partial charge in [-0.15, -0.1) is 0 Å². The zero-order chi connectivity index (χ0) is 9.95. The quantitative estimate of drug-likeness (QED) is 0.501. The van der Waals surface area contributed by atoms with Crippen molar-refractivity contribution < 1.29 is 13.1 Å². The molecule has 4 nitrogen and oxygen atoms in total. The topological polar surface area (TPSA) is 57.2 Å². The molecule has 5 heteroatoms. The van der Waals surface area contributed by atoms with Crippen LogP contribution in [0.2, 0.25) is 0 Å². The van der Waals surface area contributed by atoms with Crippen molar-refractivity contribution in [3.63, 3.8) is 0 Å². The van der Waals surface area contributed by atoms with Gasteiger partial charge in [0.1, 0.15) is 0 Å². The van der Waals surface area contributed by atoms with E-state index in [9.17, 15) is 13.6 Å². The predicted molar refractivity (Wildman–Crippen MR) is 51.8 cm³/mol. The highest BCUT2D eigenvalue weighted by Crippen LogP contribution is 2.14. The third-order valence-electron chi connectivity index (χ3n) is 2.54. The van der Waals surface area contributed by atoms with Crippen LogP contribution in [0.3, 0.4) is 0 Å². The molecule has 0 saturated carbocycles. The summed E-state index contributed by atoms with van der Waals surface area (Å²) < 4.78 is 21.8. The third-order valence-corrected chi connectivity index (χ3v) is 4.15. The molecule has 0 radical (unpaired) electrons. The van der Waals surface area contributed by atoms with E-state index in [1.807, 2.05) is 6.92 Å². The van der Waals surface area contributed by atoms with Crippen molar-refractivity contribution in [2.24, 2.45) is 0 Å². The lowest BCUT2D eigenvalue weighted by Crippen LogP contribution is -2.52. The lowest BCUT2D eigenvalue weighted by atomic mass is 10.3. The summed E-state index contributed by atoms with van der Waals surface area (Å²) in [6.07, 6.45) is 1.89. The van der Waals surface area contributed by atoms with Gasteiger partial charge in [-0.25, -0.2) is 8.42 Å². The number of unbranched alkanes of at least 4 members (excludes halogenated alkanes) is 1. The van der Waals surface area contributed by atoms with Crippen molar-refractivity contribution in [3.05, 3.63) is 5.21 Å². The van der Waals surface area contributed by atoms with E-state index in [-0.39, 0.29) is 29.2 Å². The molecule has 1 fully saturated rings. The average molecular weight is 207 g/mol. The van der Waals surface area contributed by atoms with Crippen LogP contribution >= 0.6 is 0 Å². The molecule has 0 N–H and O–H groups in total. The summed E-state index contributed by atoms with van der Waals surface area (Å²) in [5.74, 6) is 0.139. The SMILES string of the molecule is CCCC[N+]1([O-])CCS(=O)(=O)CC1. The maximum Gasteiger partial charge on any atom is 0.161 e. The standard InChI is InChI=1S/C8H17NO3S/c1-2-3-4-9(10)5-7-13(11,12)8-6-9/h2-8H2,1H3. The van der Waals surface area contributed by atoms with Crippen LogP contribution in [-0.2, 0) is 9.84 Å². The van der Waals surface area contributed by atoms with Gasteiger partial charge < -0.3 is 9.85 Å². The van der Waals surface area contributed by atoms with Crippen molar-refractivity contribution in [1.29, 1.82) is 0 Å². The summed E-state index contributed by atoms with van der Waals surface area (Å²) >= 11 is 0. The van der Waals surface area contributed by atoms with Gasteiger partial charge in [-0.1, -0.05) is 13.3 Å². The molecule has 1 aliphatic heterocycles. The Hall–Kier alpha value is -0.130. The van der Waals surface area contributed by atoms with Crippen LogP contribution in [-0.4, -0.2) is 44.2 Å². The monoisotopic (exact) mass is 207 g/mol. The average Bonchev–Trinajstić information content (AvgIpc) is 2.08. The van der Waals surface area contributed by atoms with Crippen LogP contribution < -0.4 is 0 Å². The minimum absolute atomic E-state index is 0.0697. The third kappa shape index (κ3) is 3.25. The number of nitrogens with zero attached hydrogens (tertiary/aromatic N) is 1. The number of quaternary nitrogens is 1. The van der Waals surface area contributed by atoms with E-state index < -0.39 is 9.84 Å². The fourth-order valence-electron chi connectivity index (χ4n) is 1.49. The lowest BCUT2D eigenvalue weighted by Gasteiger charge is -2.45. The fraction of sp³-hybridized carbons (Fsp3) is 1.00. The van der Waals surface area contributed by atoms with Gasteiger partial charge >= 0.3 is 0 Å². The van der Waals surface area contributed by atoms with Crippen LogP contribution in [0.4, 0.5) is 0 Å². The first-order valence-electron chi connectivity index (χ1n) is 4.75. The summed E-state index contributed by atoms with van der Waals surface area (Å²) in [4.78, 5) is 0. The van der Waals surface area contributed by atoms with Crippen LogP contribution in [0.15, 0.2) is 0 Å². The van der Waals surface area contributed by atoms with E-state index in [1.165, 1.54) is 0 Å². The van der Waals surface area contributed by atoms with Crippen LogP contribution in [0.25, 0.3) is 0 Å². The van der Waals surface area contributed by atoms with Gasteiger partial charge in [-0.3, -0.25) is 0 Å². The normalized spacial score (nSPS) is 25.7. The first-order valence-corrected chi connectivity index (χ1v) is 6.57. The van der Waals surface area contributed by atoms with Crippen molar-refractivity contribution in [2.45, 2.75) is 19.8 Å². The molecule has 0 aliphatic carbocycles. The van der Waals surface area contributed by atoms with Crippen LogP contribution in [0.5, 0.6) is 0 Å². The molecule has 0 spiro atoms. The van der Waals surface area contributed by atoms with E-state index in [0.29, 0.717) is 6.54 Å². The molecule has 0 aromatic rings. The van der Waals surface area contributed by atoms with Crippen molar-refractivity contribution in [3.8, 4) is 0 Å². The smallest absolute Gasteiger partial charge is 0.161 e. The van der Waals surface area contributed by atoms with Gasteiger partial charge in [-0.2, -0.15) is 0 Å². The van der Waals surface area contributed by atoms with E-state index in [1.54, 1.807) is 0 Å². The Morgan fingerprint density at radius 1 is 1.31 bits per heavy atom. The van der Waals surface area contributed by atoms with E-state index >= 15 is 0 Å². The van der Waals surface area contributed by atoms with Gasteiger partial charge in [-0.05, 0) is 6.42 Å². The highest BCUT2D eigenvalue weighted by Gasteiger charge is 2.28. The minimum atomic E-state index is -2.89. The number of hydrogen-bond donors (Lipinski definition) is 0. The Kier molecular flexibility index (Phi) is 3.32. The van der Waals surface area contributed by atoms with Gasteiger partial charge in [0.25, 0.3) is 0 Å². The van der Waals surface area contributed by atoms with E-state index in [2.05, 4.69) is 0 Å². The molecule has 78 valence electrons. The summed E-state index contributed by atoms with van der Waals surface area (Å²) in [7, 11) is -2.89. The molecule has 0 atom stereocenters. The maximum absolute atomic E-state index is 11.8. The molecule has 1 saturated heterocycles. The molecular weight excluding hydrogens is 190 g/mol. The summed E-state index contributed by atoms with van der Waals surface area (Å²) in [5, 5.41) is 11.8. The van der Waals surface area contributed by atoms with Gasteiger partial charge in [0, 0.05) is 0 Å². The lowest BCUT2D eigenvalue weighted by molar-refractivity contribution is -0.877. The molecule has 13 heavy (non-hydrogen) atoms. The molecule has 0 aromatic heterocycles. The van der Waals surface area contributed by atoms with Crippen molar-refractivity contribution in [2.75, 3.05) is 31.1 Å². The predicted octanol–water partition coefficient (Wildman–Crippen LogP) is 0.529. The zero-order valence-corrected chi connectivity index (χ0v) is 8.85. The molecule has 1 aliphatic rings. The number of hydrogen-bond acceptors (Lipinski definition) is 3. The van der Waals surface area contributed by atoms with E-state index in [0.717, 1.165) is 12.8 Å². The molecule has 0 amide bonds. The molecule has 0 aromatic carbocycles. The summed E-state index contributed by atoms with van der Waals surface area (Å²) in [6, 6.07) is 0. The molecule has 0 bridgehead atoms. The first kappa shape index (κ1) is 10.9. The molecule has 0 unspecified atom stereocenters. The highest BCUT2D eigenvalue weighted by molar-refractivity contribution is 7.91. The zero-order valence-electron chi connectivity index (χ0n) is 8.03. The van der Waals surface area contributed by atoms with Crippen LogP contribution in [0, 0.1) is 5.21 Å². The fourth-order valence-corrected chi connectivity index (χ4v) is 2.92. The Balaban J connectivity index is 2.46. The Bertz CT molecular complexity index is 247. The Labute approximate surface area is 79.6 Å². The summed E-state index contributed by atoms with van der Waals surface area (Å²) in [5.41, 5.74) is 0. The second kappa shape index (κ2) is 3.94. The second-order valence-electron chi connectivity index (χ2n) is 3.73. The molecule has 1 heterocycles. The van der Waals surface area contributed by atoms with Gasteiger partial charge in [0.2, 0.25) is 0 Å². The van der Waals surface area contributed by atoms with Crippen molar-refractivity contribution >= 4 is 9.84 Å². The Morgan fingerprint density at radius 3 is 2.31 bits per heavy atom. The van der Waals surface area contributed by atoms with Gasteiger partial charge in [0.05, 0.1) is 31.1 Å². The number of sulfone groups is 1. The summed E-state index contributed by atoms with van der Waals surface area (Å²) in [6.45, 7) is 3.11. The molecule has 1 rings (SSSR count). The Morgan fingerprint density at radius 2 is 1.85 bits per heavy atom. The number of rotatable bonds is 3. The largest absolute Gasteiger partial charge is 0.633 e. The van der Waals surface area contributed by atoms with Crippen molar-refractivity contribution in [1.82, 2.24) is 0 Å². The van der Waals surface area contributed by atoms with E-state index in [4.69, 9.17) is 0 Å². The number of hydroxylamine groups is 3. The first-order chi connectivity index (χ1) is 5.97. The van der Waals surface area contributed by atoms with Crippen LogP contribution in [0.1, 0.15) is 19.8 Å². The maximum atomic E-state index is 11.8. The minimum Gasteiger partial charge on any atom is -0.633 e. The molecular formula is C8H17NO3S. The van der Waals surface area contributed by atoms with Gasteiger partial charge in [0.15, 0.2) is 9.84 Å². The second-order valence-corrected chi connectivity index (χ2v) is 6.04. The highest BCUT2D eigenvalue weighted by atomic mass is 32.2.